The predicted molar refractivity (Wildman–Crippen MR) is 175 cm³/mol. The maximum absolute atomic E-state index is 13.2. The van der Waals surface area contributed by atoms with Crippen LogP contribution in [0.2, 0.25) is 0 Å². The van der Waals surface area contributed by atoms with Crippen LogP contribution in [0.1, 0.15) is 27.2 Å². The van der Waals surface area contributed by atoms with Gasteiger partial charge in [-0.1, -0.05) is 12.1 Å². The Kier molecular flexibility index (Phi) is 10.5. The molecule has 6 rings (SSSR count). The number of carbonyl (C=O) groups excluding carboxylic acids is 1. The van der Waals surface area contributed by atoms with Crippen LogP contribution in [0.15, 0.2) is 60.9 Å². The third kappa shape index (κ3) is 8.66. The van der Waals surface area contributed by atoms with Crippen LogP contribution >= 0.6 is 0 Å². The van der Waals surface area contributed by atoms with Crippen LogP contribution in [0.4, 0.5) is 36.2 Å². The van der Waals surface area contributed by atoms with Crippen LogP contribution in [0.3, 0.4) is 0 Å². The van der Waals surface area contributed by atoms with Crippen LogP contribution in [0.25, 0.3) is 5.82 Å². The van der Waals surface area contributed by atoms with Gasteiger partial charge in [0.05, 0.1) is 37.7 Å². The molecule has 0 bridgehead atoms. The van der Waals surface area contributed by atoms with E-state index in [4.69, 9.17) is 14.6 Å². The highest BCUT2D eigenvalue weighted by Crippen LogP contribution is 2.30. The SMILES string of the molecule is Cc1ccc(NC(=O)c2cccc(C(F)(F)F)c2)cc1Nc1cc(CN2CCOCC2)nn1-c1cc(NCCN2CCOCC2)ncn1. The molecule has 2 aromatic carbocycles. The van der Waals surface area contributed by atoms with Crippen LogP contribution < -0.4 is 16.0 Å². The maximum Gasteiger partial charge on any atom is 0.416 e. The predicted octanol–water partition coefficient (Wildman–Crippen LogP) is 4.56. The summed E-state index contributed by atoms with van der Waals surface area (Å²) in [7, 11) is 0. The average molecular weight is 666 g/mol. The van der Waals surface area contributed by atoms with Crippen LogP contribution in [0, 0.1) is 6.92 Å². The zero-order valence-electron chi connectivity index (χ0n) is 26.6. The van der Waals surface area contributed by atoms with Crippen molar-refractivity contribution in [2.24, 2.45) is 0 Å². The number of morpholine rings is 2. The highest BCUT2D eigenvalue weighted by molar-refractivity contribution is 6.04. The fourth-order valence-electron chi connectivity index (χ4n) is 5.50. The van der Waals surface area contributed by atoms with Gasteiger partial charge in [-0.15, -0.1) is 0 Å². The molecular weight excluding hydrogens is 627 g/mol. The summed E-state index contributed by atoms with van der Waals surface area (Å²) in [6.07, 6.45) is -3.06. The molecule has 2 fully saturated rings. The summed E-state index contributed by atoms with van der Waals surface area (Å²) in [6, 6.07) is 13.4. The van der Waals surface area contributed by atoms with Gasteiger partial charge in [-0.3, -0.25) is 14.6 Å². The van der Waals surface area contributed by atoms with Crippen molar-refractivity contribution in [3.05, 3.63) is 83.3 Å². The summed E-state index contributed by atoms with van der Waals surface area (Å²) in [4.78, 5) is 26.5. The molecule has 15 heteroatoms. The van der Waals surface area contributed by atoms with E-state index >= 15 is 0 Å². The van der Waals surface area contributed by atoms with Crippen LogP contribution in [0.5, 0.6) is 0 Å². The number of ether oxygens (including phenoxy) is 2. The van der Waals surface area contributed by atoms with Crippen molar-refractivity contribution in [3.8, 4) is 5.82 Å². The quantitative estimate of drug-likeness (QED) is 0.210. The largest absolute Gasteiger partial charge is 0.416 e. The molecule has 12 nitrogen and oxygen atoms in total. The Morgan fingerprint density at radius 1 is 0.917 bits per heavy atom. The van der Waals surface area contributed by atoms with E-state index in [-0.39, 0.29) is 5.56 Å². The molecular formula is C33H38F3N9O3. The molecule has 0 unspecified atom stereocenters. The second kappa shape index (κ2) is 15.1. The number of nitrogens with one attached hydrogen (secondary N) is 3. The third-order valence-electron chi connectivity index (χ3n) is 8.17. The zero-order valence-corrected chi connectivity index (χ0v) is 26.6. The Bertz CT molecular complexity index is 1700. The minimum Gasteiger partial charge on any atom is -0.379 e. The van der Waals surface area contributed by atoms with Crippen molar-refractivity contribution >= 4 is 28.9 Å². The van der Waals surface area contributed by atoms with Gasteiger partial charge in [0.1, 0.15) is 18.0 Å². The Balaban J connectivity index is 1.22. The summed E-state index contributed by atoms with van der Waals surface area (Å²) in [5.74, 6) is 1.21. The van der Waals surface area contributed by atoms with Gasteiger partial charge in [0.2, 0.25) is 0 Å². The first kappa shape index (κ1) is 33.3. The van der Waals surface area contributed by atoms with Crippen LogP contribution in [-0.4, -0.2) is 101 Å². The molecule has 48 heavy (non-hydrogen) atoms. The van der Waals surface area contributed by atoms with Crippen LogP contribution in [-0.2, 0) is 22.2 Å². The first-order valence-electron chi connectivity index (χ1n) is 15.8. The first-order chi connectivity index (χ1) is 23.2. The third-order valence-corrected chi connectivity index (χ3v) is 8.17. The molecule has 2 aliphatic rings. The molecule has 4 heterocycles. The number of aryl methyl sites for hydroxylation is 1. The highest BCUT2D eigenvalue weighted by atomic mass is 19.4. The molecule has 0 saturated carbocycles. The average Bonchev–Trinajstić information content (AvgIpc) is 3.48. The lowest BCUT2D eigenvalue weighted by Gasteiger charge is -2.26. The summed E-state index contributed by atoms with van der Waals surface area (Å²) in [6.45, 7) is 10.3. The smallest absolute Gasteiger partial charge is 0.379 e. The maximum atomic E-state index is 13.2. The van der Waals surface area contributed by atoms with E-state index in [1.165, 1.54) is 18.5 Å². The molecule has 4 aromatic rings. The van der Waals surface area contributed by atoms with Gasteiger partial charge in [0, 0.05) is 74.9 Å². The number of benzene rings is 2. The number of amides is 1. The lowest BCUT2D eigenvalue weighted by molar-refractivity contribution is -0.137. The van der Waals surface area contributed by atoms with E-state index < -0.39 is 17.6 Å². The number of carbonyl (C=O) groups is 1. The summed E-state index contributed by atoms with van der Waals surface area (Å²) in [5.41, 5.74) is 1.81. The van der Waals surface area contributed by atoms with Gasteiger partial charge in [-0.2, -0.15) is 23.0 Å². The number of rotatable bonds is 11. The summed E-state index contributed by atoms with van der Waals surface area (Å²) >= 11 is 0. The molecule has 3 N–H and O–H groups in total. The molecule has 0 spiro atoms. The molecule has 0 atom stereocenters. The van der Waals surface area contributed by atoms with Crippen molar-refractivity contribution in [3.63, 3.8) is 0 Å². The number of halogens is 3. The van der Waals surface area contributed by atoms with E-state index in [0.29, 0.717) is 55.1 Å². The monoisotopic (exact) mass is 665 g/mol. The lowest BCUT2D eigenvalue weighted by Crippen LogP contribution is -2.39. The minimum absolute atomic E-state index is 0.0936. The topological polar surface area (TPSA) is 122 Å². The lowest BCUT2D eigenvalue weighted by atomic mass is 10.1. The Morgan fingerprint density at radius 2 is 1.67 bits per heavy atom. The molecule has 0 radical (unpaired) electrons. The number of nitrogens with zero attached hydrogens (tertiary/aromatic N) is 6. The van der Waals surface area contributed by atoms with E-state index in [9.17, 15) is 18.0 Å². The standard InChI is InChI=1S/C33H38F3N9O3/c1-23-5-6-26(40-32(46)24-3-2-4-25(17-24)33(34,35)36)18-28(23)41-31-19-27(21-44-11-15-48-16-12-44)42-45(31)30-20-29(38-22-39-30)37-7-8-43-9-13-47-14-10-43/h2-6,17-20,22,41H,7-16,21H2,1H3,(H,40,46)(H,37,38,39). The molecule has 254 valence electrons. The fraction of sp³-hybridized carbons (Fsp3) is 0.394. The van der Waals surface area contributed by atoms with Crippen molar-refractivity contribution in [1.82, 2.24) is 29.5 Å². The van der Waals surface area contributed by atoms with Gasteiger partial charge < -0.3 is 25.4 Å². The molecule has 2 aromatic heterocycles. The molecule has 1 amide bonds. The van der Waals surface area contributed by atoms with Gasteiger partial charge in [-0.05, 0) is 42.8 Å². The van der Waals surface area contributed by atoms with Gasteiger partial charge in [0.15, 0.2) is 5.82 Å². The van der Waals surface area contributed by atoms with E-state index in [1.54, 1.807) is 16.8 Å². The second-order valence-corrected chi connectivity index (χ2v) is 11.7. The number of anilines is 4. The Labute approximate surface area is 276 Å². The number of hydrogen-bond acceptors (Lipinski definition) is 10. The van der Waals surface area contributed by atoms with Crippen molar-refractivity contribution < 1.29 is 27.4 Å². The minimum atomic E-state index is -4.55. The van der Waals surface area contributed by atoms with E-state index in [1.807, 2.05) is 25.1 Å². The molecule has 0 aliphatic carbocycles. The molecule has 2 aliphatic heterocycles. The van der Waals surface area contributed by atoms with Crippen molar-refractivity contribution in [1.29, 1.82) is 0 Å². The number of aromatic nitrogens is 4. The second-order valence-electron chi connectivity index (χ2n) is 11.7. The number of hydrogen-bond donors (Lipinski definition) is 3. The zero-order chi connectivity index (χ0) is 33.5. The normalized spacial score (nSPS) is 16.1. The summed E-state index contributed by atoms with van der Waals surface area (Å²) < 4.78 is 52.3. The van der Waals surface area contributed by atoms with E-state index in [2.05, 4.69) is 35.7 Å². The Morgan fingerprint density at radius 3 is 2.42 bits per heavy atom. The van der Waals surface area contributed by atoms with Crippen molar-refractivity contribution in [2.75, 3.05) is 81.6 Å². The van der Waals surface area contributed by atoms with Gasteiger partial charge in [0.25, 0.3) is 5.91 Å². The van der Waals surface area contributed by atoms with Crippen molar-refractivity contribution in [2.45, 2.75) is 19.6 Å². The molecule has 2 saturated heterocycles. The number of alkyl halides is 3. The Hall–Kier alpha value is -4.57. The van der Waals surface area contributed by atoms with E-state index in [0.717, 1.165) is 69.3 Å². The fourth-order valence-corrected chi connectivity index (χ4v) is 5.50. The van der Waals surface area contributed by atoms with Gasteiger partial charge >= 0.3 is 6.18 Å². The first-order valence-corrected chi connectivity index (χ1v) is 15.8. The highest BCUT2D eigenvalue weighted by Gasteiger charge is 2.31. The van der Waals surface area contributed by atoms with Gasteiger partial charge in [-0.25, -0.2) is 9.97 Å². The summed E-state index contributed by atoms with van der Waals surface area (Å²) in [5, 5.41) is 14.5.